The zero-order valence-corrected chi connectivity index (χ0v) is 17.8. The van der Waals surface area contributed by atoms with E-state index in [0.29, 0.717) is 18.0 Å². The number of benzene rings is 1. The number of sulfonamides is 1. The molecule has 3 rings (SSSR count). The van der Waals surface area contributed by atoms with Crippen molar-refractivity contribution in [2.24, 2.45) is 0 Å². The van der Waals surface area contributed by atoms with Gasteiger partial charge in [-0.1, -0.05) is 17.7 Å². The summed E-state index contributed by atoms with van der Waals surface area (Å²) < 4.78 is 27.8. The van der Waals surface area contributed by atoms with Crippen LogP contribution in [0.4, 0.5) is 0 Å². The van der Waals surface area contributed by atoms with Gasteiger partial charge in [-0.05, 0) is 56.8 Å². The average Bonchev–Trinajstić information content (AvgIpc) is 3.08. The fourth-order valence-electron chi connectivity index (χ4n) is 3.47. The highest BCUT2D eigenvalue weighted by Gasteiger charge is 2.38. The van der Waals surface area contributed by atoms with Crippen molar-refractivity contribution in [3.05, 3.63) is 51.7 Å². The molecule has 1 aromatic heterocycles. The molecule has 1 aromatic carbocycles. The maximum absolute atomic E-state index is 13.1. The first-order valence-corrected chi connectivity index (χ1v) is 11.4. The standard InChI is InChI=1S/C20H26N2O3S2/c1-14-5-7-19(8-6-14)27(24,25)22-10-9-21(15(2)16(22)3)12-18-11-20(17(4)23)26-13-18/h5-8,11,13,15-16H,9-10,12H2,1-4H3/t15-,16-/m1/s1. The molecule has 146 valence electrons. The molecule has 1 fully saturated rings. The predicted octanol–water partition coefficient (Wildman–Crippen LogP) is 3.54. The van der Waals surface area contributed by atoms with Crippen molar-refractivity contribution < 1.29 is 13.2 Å². The molecule has 2 aromatic rings. The van der Waals surface area contributed by atoms with E-state index in [0.717, 1.165) is 22.5 Å². The summed E-state index contributed by atoms with van der Waals surface area (Å²) in [4.78, 5) is 14.9. The summed E-state index contributed by atoms with van der Waals surface area (Å²) in [7, 11) is -3.50. The summed E-state index contributed by atoms with van der Waals surface area (Å²) in [5.41, 5.74) is 2.15. The monoisotopic (exact) mass is 406 g/mol. The molecule has 27 heavy (non-hydrogen) atoms. The fraction of sp³-hybridized carbons (Fsp3) is 0.450. The summed E-state index contributed by atoms with van der Waals surface area (Å²) in [5, 5.41) is 2.02. The Balaban J connectivity index is 1.74. The lowest BCUT2D eigenvalue weighted by Crippen LogP contribution is -2.58. The van der Waals surface area contributed by atoms with Crippen LogP contribution in [0.15, 0.2) is 40.6 Å². The van der Waals surface area contributed by atoms with Crippen LogP contribution in [0.5, 0.6) is 0 Å². The highest BCUT2D eigenvalue weighted by atomic mass is 32.2. The Bertz CT molecular complexity index is 919. The van der Waals surface area contributed by atoms with E-state index in [1.165, 1.54) is 11.3 Å². The lowest BCUT2D eigenvalue weighted by molar-refractivity contribution is 0.0787. The van der Waals surface area contributed by atoms with E-state index < -0.39 is 10.0 Å². The summed E-state index contributed by atoms with van der Waals surface area (Å²) in [6.45, 7) is 9.43. The number of ketones is 1. The number of thiophene rings is 1. The lowest BCUT2D eigenvalue weighted by atomic mass is 10.1. The van der Waals surface area contributed by atoms with Crippen molar-refractivity contribution in [3.8, 4) is 0 Å². The quantitative estimate of drug-likeness (QED) is 0.713. The first-order chi connectivity index (χ1) is 12.7. The van der Waals surface area contributed by atoms with Crippen LogP contribution >= 0.6 is 11.3 Å². The van der Waals surface area contributed by atoms with E-state index >= 15 is 0 Å². The van der Waals surface area contributed by atoms with Gasteiger partial charge in [0.2, 0.25) is 10.0 Å². The van der Waals surface area contributed by atoms with Crippen molar-refractivity contribution in [1.82, 2.24) is 9.21 Å². The van der Waals surface area contributed by atoms with Crippen LogP contribution in [-0.2, 0) is 16.6 Å². The SMILES string of the molecule is CC(=O)c1cc(CN2CCN(S(=O)(=O)c3ccc(C)cc3)[C@H](C)[C@H]2C)cs1. The second-order valence-corrected chi connectivity index (χ2v) is 10.1. The van der Waals surface area contributed by atoms with Gasteiger partial charge in [0.1, 0.15) is 0 Å². The summed E-state index contributed by atoms with van der Waals surface area (Å²) in [6, 6.07) is 8.93. The average molecular weight is 407 g/mol. The largest absolute Gasteiger partial charge is 0.294 e. The molecule has 0 amide bonds. The van der Waals surface area contributed by atoms with Crippen LogP contribution < -0.4 is 0 Å². The molecule has 0 bridgehead atoms. The number of carbonyl (C=O) groups is 1. The first-order valence-electron chi connectivity index (χ1n) is 9.11. The number of rotatable bonds is 5. The van der Waals surface area contributed by atoms with Crippen molar-refractivity contribution in [3.63, 3.8) is 0 Å². The molecule has 1 aliphatic rings. The Morgan fingerprint density at radius 1 is 1.15 bits per heavy atom. The van der Waals surface area contributed by atoms with Gasteiger partial charge in [-0.15, -0.1) is 11.3 Å². The molecule has 0 aliphatic carbocycles. The van der Waals surface area contributed by atoms with Gasteiger partial charge in [-0.25, -0.2) is 8.42 Å². The molecule has 7 heteroatoms. The zero-order valence-electron chi connectivity index (χ0n) is 16.2. The van der Waals surface area contributed by atoms with Crippen LogP contribution in [0.1, 0.15) is 41.6 Å². The predicted molar refractivity (Wildman–Crippen MR) is 109 cm³/mol. The van der Waals surface area contributed by atoms with Crippen LogP contribution in [0, 0.1) is 6.92 Å². The molecule has 1 saturated heterocycles. The second-order valence-electron chi connectivity index (χ2n) is 7.26. The van der Waals surface area contributed by atoms with E-state index in [1.54, 1.807) is 23.4 Å². The minimum Gasteiger partial charge on any atom is -0.294 e. The Morgan fingerprint density at radius 2 is 1.81 bits per heavy atom. The fourth-order valence-corrected chi connectivity index (χ4v) is 5.96. The number of Topliss-reactive ketones (excluding diaryl/α,β-unsaturated/α-hetero) is 1. The molecule has 0 spiro atoms. The number of carbonyl (C=O) groups excluding carboxylic acids is 1. The maximum atomic E-state index is 13.1. The van der Waals surface area contributed by atoms with Crippen molar-refractivity contribution in [2.45, 2.75) is 51.2 Å². The van der Waals surface area contributed by atoms with Gasteiger partial charge >= 0.3 is 0 Å². The number of nitrogens with zero attached hydrogens (tertiary/aromatic N) is 2. The van der Waals surface area contributed by atoms with E-state index in [-0.39, 0.29) is 17.9 Å². The van der Waals surface area contributed by atoms with Crippen LogP contribution in [0.2, 0.25) is 0 Å². The third-order valence-electron chi connectivity index (χ3n) is 5.35. The van der Waals surface area contributed by atoms with Crippen molar-refractivity contribution in [2.75, 3.05) is 13.1 Å². The first kappa shape index (κ1) is 20.2. The van der Waals surface area contributed by atoms with Crippen LogP contribution in [-0.4, -0.2) is 48.6 Å². The van der Waals surface area contributed by atoms with Gasteiger partial charge in [0.05, 0.1) is 9.77 Å². The smallest absolute Gasteiger partial charge is 0.243 e. The van der Waals surface area contributed by atoms with Gasteiger partial charge < -0.3 is 0 Å². The molecule has 0 saturated carbocycles. The summed E-state index contributed by atoms with van der Waals surface area (Å²) >= 11 is 1.47. The number of aryl methyl sites for hydroxylation is 1. The van der Waals surface area contributed by atoms with E-state index in [9.17, 15) is 13.2 Å². The van der Waals surface area contributed by atoms with Gasteiger partial charge in [-0.2, -0.15) is 4.31 Å². The number of piperazine rings is 1. The minimum atomic E-state index is -3.50. The van der Waals surface area contributed by atoms with E-state index in [4.69, 9.17) is 0 Å². The molecule has 0 unspecified atom stereocenters. The Morgan fingerprint density at radius 3 is 2.41 bits per heavy atom. The highest BCUT2D eigenvalue weighted by molar-refractivity contribution is 7.89. The molecule has 0 radical (unpaired) electrons. The number of hydrogen-bond donors (Lipinski definition) is 0. The number of hydrogen-bond acceptors (Lipinski definition) is 5. The van der Waals surface area contributed by atoms with Crippen molar-refractivity contribution >= 4 is 27.1 Å². The van der Waals surface area contributed by atoms with Gasteiger partial charge in [0.15, 0.2) is 5.78 Å². The van der Waals surface area contributed by atoms with Crippen LogP contribution in [0.25, 0.3) is 0 Å². The molecule has 2 heterocycles. The zero-order chi connectivity index (χ0) is 19.8. The topological polar surface area (TPSA) is 57.7 Å². The lowest BCUT2D eigenvalue weighted by Gasteiger charge is -2.44. The summed E-state index contributed by atoms with van der Waals surface area (Å²) in [6.07, 6.45) is 0. The Kier molecular flexibility index (Phi) is 5.86. The van der Waals surface area contributed by atoms with Gasteiger partial charge in [0, 0.05) is 31.7 Å². The highest BCUT2D eigenvalue weighted by Crippen LogP contribution is 2.27. The molecular formula is C20H26N2O3S2. The van der Waals surface area contributed by atoms with Crippen molar-refractivity contribution in [1.29, 1.82) is 0 Å². The second kappa shape index (κ2) is 7.83. The molecule has 0 N–H and O–H groups in total. The van der Waals surface area contributed by atoms with E-state index in [2.05, 4.69) is 11.8 Å². The Hall–Kier alpha value is -1.54. The minimum absolute atomic E-state index is 0.0830. The van der Waals surface area contributed by atoms with Crippen LogP contribution in [0.3, 0.4) is 0 Å². The third kappa shape index (κ3) is 4.16. The van der Waals surface area contributed by atoms with E-state index in [1.807, 2.05) is 37.4 Å². The molecular weight excluding hydrogens is 380 g/mol. The maximum Gasteiger partial charge on any atom is 0.243 e. The van der Waals surface area contributed by atoms with Gasteiger partial charge in [-0.3, -0.25) is 9.69 Å². The normalized spacial score (nSPS) is 22.1. The third-order valence-corrected chi connectivity index (χ3v) is 8.43. The molecule has 1 aliphatic heterocycles. The van der Waals surface area contributed by atoms with Gasteiger partial charge in [0.25, 0.3) is 0 Å². The Labute approximate surface area is 165 Å². The molecule has 2 atom stereocenters. The molecule has 5 nitrogen and oxygen atoms in total. The summed E-state index contributed by atoms with van der Waals surface area (Å²) in [5.74, 6) is 0.0849.